The second-order valence-electron chi connectivity index (χ2n) is 7.56. The number of hydrogen-bond acceptors (Lipinski definition) is 5. The van der Waals surface area contributed by atoms with Gasteiger partial charge in [-0.2, -0.15) is 0 Å². The van der Waals surface area contributed by atoms with Crippen LogP contribution in [0, 0.1) is 23.5 Å². The number of rotatable bonds is 3. The number of halogens is 2. The number of aromatic nitrogens is 2. The van der Waals surface area contributed by atoms with Crippen molar-refractivity contribution in [3.05, 3.63) is 71.4 Å². The predicted octanol–water partition coefficient (Wildman–Crippen LogP) is 2.73. The highest BCUT2D eigenvalue weighted by molar-refractivity contribution is 5.90. The normalized spacial score (nSPS) is 17.6. The van der Waals surface area contributed by atoms with Crippen molar-refractivity contribution in [1.82, 2.24) is 14.9 Å². The number of carbonyl (C=O) groups is 2. The van der Waals surface area contributed by atoms with E-state index >= 15 is 0 Å². The average molecular weight is 449 g/mol. The molecule has 7 nitrogen and oxygen atoms in total. The first kappa shape index (κ1) is 22.0. The van der Waals surface area contributed by atoms with Crippen molar-refractivity contribution in [2.24, 2.45) is 0 Å². The highest BCUT2D eigenvalue weighted by atomic mass is 19.1. The molecule has 1 atom stereocenters. The Morgan fingerprint density at radius 1 is 1.15 bits per heavy atom. The van der Waals surface area contributed by atoms with Gasteiger partial charge < -0.3 is 15.1 Å². The highest BCUT2D eigenvalue weighted by Gasteiger charge is 2.42. The summed E-state index contributed by atoms with van der Waals surface area (Å²) < 4.78 is 28.0. The Morgan fingerprint density at radius 3 is 2.64 bits per heavy atom. The largest absolute Gasteiger partial charge is 0.477 e. The third-order valence-electron chi connectivity index (χ3n) is 5.19. The molecule has 2 N–H and O–H groups in total. The Hall–Kier alpha value is -4.16. The second kappa shape index (κ2) is 8.41. The fourth-order valence-corrected chi connectivity index (χ4v) is 3.40. The van der Waals surface area contributed by atoms with Crippen molar-refractivity contribution in [1.29, 1.82) is 0 Å². The fraction of sp³-hybridized carbons (Fsp3) is 0.167. The van der Waals surface area contributed by atoms with Crippen LogP contribution in [0.1, 0.15) is 22.5 Å². The smallest absolute Gasteiger partial charge is 0.354 e. The standard InChI is InChI=1S/C24H17F2N3O4/c1-29-10-9-24(33,23(29)32)8-7-14-3-2-4-15(11-14)21-27-19(13-20(28-21)22(30)31)17-12-16(25)5-6-18(17)26/h2-6,11-13,33H,9-10H2,1H3,(H,30,31)/t24-/m0/s1. The summed E-state index contributed by atoms with van der Waals surface area (Å²) in [7, 11) is 1.58. The summed E-state index contributed by atoms with van der Waals surface area (Å²) in [4.78, 5) is 33.3. The number of aliphatic hydroxyl groups is 1. The van der Waals surface area contributed by atoms with E-state index in [-0.39, 0.29) is 23.5 Å². The summed E-state index contributed by atoms with van der Waals surface area (Å²) in [5.41, 5.74) is -1.69. The van der Waals surface area contributed by atoms with E-state index in [1.807, 2.05) is 0 Å². The highest BCUT2D eigenvalue weighted by Crippen LogP contribution is 2.26. The number of nitrogens with zero attached hydrogens (tertiary/aromatic N) is 3. The van der Waals surface area contributed by atoms with Crippen LogP contribution in [-0.4, -0.2) is 56.2 Å². The lowest BCUT2D eigenvalue weighted by atomic mass is 10.0. The topological polar surface area (TPSA) is 104 Å². The Labute approximate surface area is 187 Å². The first-order chi connectivity index (χ1) is 15.7. The molecule has 1 aliphatic rings. The Balaban J connectivity index is 1.77. The average Bonchev–Trinajstić information content (AvgIpc) is 3.07. The fourth-order valence-electron chi connectivity index (χ4n) is 3.40. The van der Waals surface area contributed by atoms with E-state index in [2.05, 4.69) is 21.8 Å². The number of hydrogen-bond donors (Lipinski definition) is 2. The van der Waals surface area contributed by atoms with Crippen molar-refractivity contribution in [2.45, 2.75) is 12.0 Å². The molecule has 1 aromatic heterocycles. The summed E-state index contributed by atoms with van der Waals surface area (Å²) in [6.07, 6.45) is 0.182. The zero-order valence-electron chi connectivity index (χ0n) is 17.3. The van der Waals surface area contributed by atoms with Crippen molar-refractivity contribution in [3.8, 4) is 34.5 Å². The van der Waals surface area contributed by atoms with Crippen LogP contribution in [0.4, 0.5) is 8.78 Å². The number of carboxylic acids is 1. The molecule has 0 unspecified atom stereocenters. The summed E-state index contributed by atoms with van der Waals surface area (Å²) in [5, 5.41) is 19.9. The molecule has 9 heteroatoms. The molecule has 0 bridgehead atoms. The van der Waals surface area contributed by atoms with E-state index in [1.165, 1.54) is 4.90 Å². The van der Waals surface area contributed by atoms with Crippen LogP contribution < -0.4 is 0 Å². The molecule has 1 saturated heterocycles. The number of benzene rings is 2. The molecule has 3 aromatic rings. The number of likely N-dealkylation sites (tertiary alicyclic amines) is 1. The molecule has 33 heavy (non-hydrogen) atoms. The minimum atomic E-state index is -1.77. The van der Waals surface area contributed by atoms with Crippen LogP contribution >= 0.6 is 0 Å². The van der Waals surface area contributed by atoms with Gasteiger partial charge in [0.15, 0.2) is 11.5 Å². The predicted molar refractivity (Wildman–Crippen MR) is 114 cm³/mol. The lowest BCUT2D eigenvalue weighted by molar-refractivity contribution is -0.137. The van der Waals surface area contributed by atoms with Crippen LogP contribution in [0.25, 0.3) is 22.6 Å². The Morgan fingerprint density at radius 2 is 1.94 bits per heavy atom. The third kappa shape index (κ3) is 4.42. The SMILES string of the molecule is CN1CC[C@@](O)(C#Cc2cccc(-c3nc(C(=O)O)cc(-c4cc(F)ccc4F)n3)c2)C1=O. The molecule has 0 spiro atoms. The molecule has 4 rings (SSSR count). The van der Waals surface area contributed by atoms with E-state index < -0.39 is 34.8 Å². The van der Waals surface area contributed by atoms with Crippen LogP contribution in [0.3, 0.4) is 0 Å². The van der Waals surface area contributed by atoms with Crippen molar-refractivity contribution < 1.29 is 28.6 Å². The van der Waals surface area contributed by atoms with Crippen LogP contribution in [0.15, 0.2) is 48.5 Å². The lowest BCUT2D eigenvalue weighted by Crippen LogP contribution is -2.37. The van der Waals surface area contributed by atoms with Gasteiger partial charge in [-0.05, 0) is 36.4 Å². The van der Waals surface area contributed by atoms with Crippen molar-refractivity contribution in [2.75, 3.05) is 13.6 Å². The van der Waals surface area contributed by atoms with Gasteiger partial charge in [-0.3, -0.25) is 4.79 Å². The lowest BCUT2D eigenvalue weighted by Gasteiger charge is -2.13. The van der Waals surface area contributed by atoms with Gasteiger partial charge in [-0.1, -0.05) is 24.0 Å². The number of carbonyl (C=O) groups excluding carboxylic acids is 1. The molecule has 166 valence electrons. The Bertz CT molecular complexity index is 1350. The molecular formula is C24H17F2N3O4. The summed E-state index contributed by atoms with van der Waals surface area (Å²) >= 11 is 0. The molecule has 2 aromatic carbocycles. The minimum absolute atomic E-state index is 0.0346. The van der Waals surface area contributed by atoms with E-state index in [0.29, 0.717) is 17.7 Å². The molecule has 1 amide bonds. The number of aromatic carboxylic acids is 1. The molecule has 0 aliphatic carbocycles. The summed E-state index contributed by atoms with van der Waals surface area (Å²) in [6.45, 7) is 0.388. The maximum Gasteiger partial charge on any atom is 0.354 e. The van der Waals surface area contributed by atoms with E-state index in [4.69, 9.17) is 0 Å². The van der Waals surface area contributed by atoms with Gasteiger partial charge in [0, 0.05) is 36.7 Å². The quantitative estimate of drug-likeness (QED) is 0.596. The third-order valence-corrected chi connectivity index (χ3v) is 5.19. The zero-order valence-corrected chi connectivity index (χ0v) is 17.3. The number of amides is 1. The van der Waals surface area contributed by atoms with Gasteiger partial charge in [-0.15, -0.1) is 0 Å². The number of carboxylic acid groups (broad SMARTS) is 1. The van der Waals surface area contributed by atoms with Crippen molar-refractivity contribution in [3.63, 3.8) is 0 Å². The van der Waals surface area contributed by atoms with E-state index in [9.17, 15) is 28.6 Å². The van der Waals surface area contributed by atoms with Crippen LogP contribution in [-0.2, 0) is 4.79 Å². The monoisotopic (exact) mass is 449 g/mol. The van der Waals surface area contributed by atoms with Crippen molar-refractivity contribution >= 4 is 11.9 Å². The maximum absolute atomic E-state index is 14.3. The van der Waals surface area contributed by atoms with Gasteiger partial charge in [0.1, 0.15) is 11.6 Å². The first-order valence-corrected chi connectivity index (χ1v) is 9.86. The second-order valence-corrected chi connectivity index (χ2v) is 7.56. The van der Waals surface area contributed by atoms with Crippen LogP contribution in [0.5, 0.6) is 0 Å². The maximum atomic E-state index is 14.3. The summed E-state index contributed by atoms with van der Waals surface area (Å²) in [5.74, 6) is 2.01. The minimum Gasteiger partial charge on any atom is -0.477 e. The number of likely N-dealkylation sites (N-methyl/N-ethyl adjacent to an activating group) is 1. The molecule has 2 heterocycles. The molecule has 0 saturated carbocycles. The first-order valence-electron chi connectivity index (χ1n) is 9.86. The van der Waals surface area contributed by atoms with E-state index in [0.717, 1.165) is 24.3 Å². The van der Waals surface area contributed by atoms with Crippen LogP contribution in [0.2, 0.25) is 0 Å². The van der Waals surface area contributed by atoms with E-state index in [1.54, 1.807) is 31.3 Å². The molecule has 0 radical (unpaired) electrons. The van der Waals surface area contributed by atoms with Gasteiger partial charge >= 0.3 is 5.97 Å². The molecular weight excluding hydrogens is 432 g/mol. The van der Waals surface area contributed by atoms with Gasteiger partial charge in [-0.25, -0.2) is 23.5 Å². The molecule has 1 aliphatic heterocycles. The molecule has 1 fully saturated rings. The van der Waals surface area contributed by atoms with Gasteiger partial charge in [0.05, 0.1) is 5.69 Å². The zero-order chi connectivity index (χ0) is 23.8. The van der Waals surface area contributed by atoms with Gasteiger partial charge in [0.25, 0.3) is 5.91 Å². The summed E-state index contributed by atoms with van der Waals surface area (Å²) in [6, 6.07) is 10.3. The Kier molecular flexibility index (Phi) is 5.62. The van der Waals surface area contributed by atoms with Gasteiger partial charge in [0.2, 0.25) is 5.60 Å².